The Bertz CT molecular complexity index is 1220. The number of sulfone groups is 1. The smallest absolute Gasteiger partial charge is 0.175 e. The summed E-state index contributed by atoms with van der Waals surface area (Å²) in [6, 6.07) is 13.8. The van der Waals surface area contributed by atoms with E-state index in [1.54, 1.807) is 6.07 Å². The summed E-state index contributed by atoms with van der Waals surface area (Å²) < 4.78 is 64.6. The Morgan fingerprint density at radius 2 is 1.66 bits per heavy atom. The van der Waals surface area contributed by atoms with Gasteiger partial charge in [0.2, 0.25) is 0 Å². The number of benzene rings is 3. The van der Waals surface area contributed by atoms with E-state index >= 15 is 0 Å². The standard InChI is InChI=1S/C21H15F3N2O2S/c1-29(27,28)17-4-2-3-13(10-17)21(14-5-7-18(23)19(24)11-14)26-20-8-6-16(22)9-15(20)12-25/h2-11,21,26H,1H3. The zero-order valence-corrected chi connectivity index (χ0v) is 16.0. The predicted molar refractivity (Wildman–Crippen MR) is 102 cm³/mol. The summed E-state index contributed by atoms with van der Waals surface area (Å²) in [7, 11) is -3.51. The molecule has 0 saturated heterocycles. The monoisotopic (exact) mass is 416 g/mol. The zero-order valence-electron chi connectivity index (χ0n) is 15.2. The van der Waals surface area contributed by atoms with Gasteiger partial charge in [0.25, 0.3) is 0 Å². The second-order valence-corrected chi connectivity index (χ2v) is 8.41. The summed E-state index contributed by atoms with van der Waals surface area (Å²) in [5, 5.41) is 12.3. The Balaban J connectivity index is 2.15. The van der Waals surface area contributed by atoms with E-state index in [9.17, 15) is 26.9 Å². The molecule has 3 aromatic rings. The lowest BCUT2D eigenvalue weighted by Gasteiger charge is -2.22. The van der Waals surface area contributed by atoms with Crippen molar-refractivity contribution in [3.8, 4) is 6.07 Å². The van der Waals surface area contributed by atoms with Crippen LogP contribution in [0, 0.1) is 28.8 Å². The van der Waals surface area contributed by atoms with Gasteiger partial charge in [0.05, 0.1) is 22.2 Å². The topological polar surface area (TPSA) is 70.0 Å². The third kappa shape index (κ3) is 4.58. The first-order valence-electron chi connectivity index (χ1n) is 8.40. The van der Waals surface area contributed by atoms with E-state index in [2.05, 4.69) is 5.32 Å². The lowest BCUT2D eigenvalue weighted by atomic mass is 9.97. The maximum absolute atomic E-state index is 13.9. The summed E-state index contributed by atoms with van der Waals surface area (Å²) in [5.74, 6) is -2.71. The summed E-state index contributed by atoms with van der Waals surface area (Å²) in [5.41, 5.74) is 1.00. The van der Waals surface area contributed by atoms with E-state index in [1.807, 2.05) is 6.07 Å². The van der Waals surface area contributed by atoms with E-state index in [4.69, 9.17) is 0 Å². The second-order valence-electron chi connectivity index (χ2n) is 6.40. The fourth-order valence-corrected chi connectivity index (χ4v) is 3.54. The molecule has 0 amide bonds. The number of hydrogen-bond donors (Lipinski definition) is 1. The van der Waals surface area contributed by atoms with Crippen molar-refractivity contribution >= 4 is 15.5 Å². The molecule has 3 rings (SSSR count). The predicted octanol–water partition coefficient (Wildman–Crippen LogP) is 4.58. The largest absolute Gasteiger partial charge is 0.373 e. The number of nitrogens with one attached hydrogen (secondary N) is 1. The van der Waals surface area contributed by atoms with Crippen molar-refractivity contribution in [1.29, 1.82) is 5.26 Å². The average Bonchev–Trinajstić information content (AvgIpc) is 2.68. The lowest BCUT2D eigenvalue weighted by molar-refractivity contribution is 0.506. The summed E-state index contributed by atoms with van der Waals surface area (Å²) in [6.07, 6.45) is 1.06. The number of halogens is 3. The maximum atomic E-state index is 13.9. The van der Waals surface area contributed by atoms with E-state index < -0.39 is 33.3 Å². The van der Waals surface area contributed by atoms with Gasteiger partial charge in [-0.15, -0.1) is 0 Å². The third-order valence-corrected chi connectivity index (χ3v) is 5.41. The third-order valence-electron chi connectivity index (χ3n) is 4.30. The molecular weight excluding hydrogens is 401 g/mol. The van der Waals surface area contributed by atoms with Crippen LogP contribution in [0.1, 0.15) is 22.7 Å². The van der Waals surface area contributed by atoms with Gasteiger partial charge in [-0.1, -0.05) is 18.2 Å². The molecule has 148 valence electrons. The van der Waals surface area contributed by atoms with Gasteiger partial charge in [-0.25, -0.2) is 21.6 Å². The zero-order chi connectivity index (χ0) is 21.2. The first-order chi connectivity index (χ1) is 13.7. The molecular formula is C21H15F3N2O2S. The number of nitrogens with zero attached hydrogens (tertiary/aromatic N) is 1. The van der Waals surface area contributed by atoms with Gasteiger partial charge in [0.15, 0.2) is 21.5 Å². The lowest BCUT2D eigenvalue weighted by Crippen LogP contribution is -2.14. The molecule has 3 aromatic carbocycles. The Labute approximate surface area is 166 Å². The van der Waals surface area contributed by atoms with Crippen molar-refractivity contribution in [1.82, 2.24) is 0 Å². The molecule has 0 saturated carbocycles. The van der Waals surface area contributed by atoms with Crippen LogP contribution in [0.2, 0.25) is 0 Å². The van der Waals surface area contributed by atoms with Crippen molar-refractivity contribution in [3.05, 3.63) is 94.8 Å². The fourth-order valence-electron chi connectivity index (χ4n) is 2.87. The quantitative estimate of drug-likeness (QED) is 0.661. The molecule has 1 unspecified atom stereocenters. The highest BCUT2D eigenvalue weighted by Gasteiger charge is 2.20. The number of nitriles is 1. The molecule has 0 aliphatic rings. The van der Waals surface area contributed by atoms with Gasteiger partial charge in [-0.2, -0.15) is 5.26 Å². The van der Waals surface area contributed by atoms with Gasteiger partial charge < -0.3 is 5.32 Å². The molecule has 0 fully saturated rings. The first-order valence-corrected chi connectivity index (χ1v) is 10.3. The number of hydrogen-bond acceptors (Lipinski definition) is 4. The molecule has 0 spiro atoms. The Morgan fingerprint density at radius 1 is 0.931 bits per heavy atom. The molecule has 29 heavy (non-hydrogen) atoms. The van der Waals surface area contributed by atoms with Crippen molar-refractivity contribution in [2.45, 2.75) is 10.9 Å². The van der Waals surface area contributed by atoms with Crippen LogP contribution in [0.5, 0.6) is 0 Å². The first kappa shape index (κ1) is 20.4. The summed E-state index contributed by atoms with van der Waals surface area (Å²) >= 11 is 0. The maximum Gasteiger partial charge on any atom is 0.175 e. The van der Waals surface area contributed by atoms with Crippen molar-refractivity contribution in [2.24, 2.45) is 0 Å². The summed E-state index contributed by atoms with van der Waals surface area (Å²) in [4.78, 5) is 0.0454. The normalized spacial score (nSPS) is 12.2. The molecule has 8 heteroatoms. The Kier molecular flexibility index (Phi) is 5.62. The highest BCUT2D eigenvalue weighted by molar-refractivity contribution is 7.90. The minimum Gasteiger partial charge on any atom is -0.373 e. The number of anilines is 1. The van der Waals surface area contributed by atoms with Crippen LogP contribution >= 0.6 is 0 Å². The molecule has 1 atom stereocenters. The number of rotatable bonds is 5. The van der Waals surface area contributed by atoms with Gasteiger partial charge in [-0.3, -0.25) is 0 Å². The highest BCUT2D eigenvalue weighted by atomic mass is 32.2. The van der Waals surface area contributed by atoms with Gasteiger partial charge in [-0.05, 0) is 53.6 Å². The highest BCUT2D eigenvalue weighted by Crippen LogP contribution is 2.30. The average molecular weight is 416 g/mol. The Hall–Kier alpha value is -3.31. The van der Waals surface area contributed by atoms with E-state index in [-0.39, 0.29) is 16.1 Å². The van der Waals surface area contributed by atoms with Crippen LogP contribution in [-0.4, -0.2) is 14.7 Å². The van der Waals surface area contributed by atoms with Crippen LogP contribution in [0.3, 0.4) is 0 Å². The molecule has 0 aliphatic heterocycles. The molecule has 0 heterocycles. The molecule has 0 bridgehead atoms. The van der Waals surface area contributed by atoms with Crippen molar-refractivity contribution in [2.75, 3.05) is 11.6 Å². The van der Waals surface area contributed by atoms with Crippen molar-refractivity contribution in [3.63, 3.8) is 0 Å². The van der Waals surface area contributed by atoms with Crippen LogP contribution in [0.15, 0.2) is 65.6 Å². The molecule has 0 radical (unpaired) electrons. The SMILES string of the molecule is CS(=O)(=O)c1cccc(C(Nc2ccc(F)cc2C#N)c2ccc(F)c(F)c2)c1. The fraction of sp³-hybridized carbons (Fsp3) is 0.0952. The minimum atomic E-state index is -3.51. The van der Waals surface area contributed by atoms with Gasteiger partial charge in [0.1, 0.15) is 11.9 Å². The molecule has 4 nitrogen and oxygen atoms in total. The Morgan fingerprint density at radius 3 is 2.31 bits per heavy atom. The molecule has 0 aromatic heterocycles. The minimum absolute atomic E-state index is 0.0110. The van der Waals surface area contributed by atoms with Crippen LogP contribution in [-0.2, 0) is 9.84 Å². The second kappa shape index (κ2) is 7.97. The van der Waals surface area contributed by atoms with Gasteiger partial charge in [0, 0.05) is 6.26 Å². The van der Waals surface area contributed by atoms with Gasteiger partial charge >= 0.3 is 0 Å². The van der Waals surface area contributed by atoms with E-state index in [0.29, 0.717) is 11.1 Å². The van der Waals surface area contributed by atoms with Crippen LogP contribution in [0.4, 0.5) is 18.9 Å². The van der Waals surface area contributed by atoms with Crippen LogP contribution < -0.4 is 5.32 Å². The van der Waals surface area contributed by atoms with E-state index in [0.717, 1.165) is 30.5 Å². The summed E-state index contributed by atoms with van der Waals surface area (Å²) in [6.45, 7) is 0. The van der Waals surface area contributed by atoms with Crippen LogP contribution in [0.25, 0.3) is 0 Å². The van der Waals surface area contributed by atoms with Crippen molar-refractivity contribution < 1.29 is 21.6 Å². The van der Waals surface area contributed by atoms with E-state index in [1.165, 1.54) is 30.3 Å². The molecule has 1 N–H and O–H groups in total. The molecule has 0 aliphatic carbocycles.